The van der Waals surface area contributed by atoms with Gasteiger partial charge in [0.05, 0.1) is 15.6 Å². The second-order valence-electron chi connectivity index (χ2n) is 5.91. The Morgan fingerprint density at radius 2 is 2.04 bits per heavy atom. The van der Waals surface area contributed by atoms with Gasteiger partial charge in [0.2, 0.25) is 0 Å². The fraction of sp³-hybridized carbons (Fsp3) is 0.438. The van der Waals surface area contributed by atoms with Gasteiger partial charge in [-0.2, -0.15) is 13.2 Å². The number of anilines is 1. The van der Waals surface area contributed by atoms with Gasteiger partial charge in [-0.15, -0.1) is 11.3 Å². The van der Waals surface area contributed by atoms with Crippen LogP contribution < -0.4 is 4.90 Å². The smallest absolute Gasteiger partial charge is 0.354 e. The fourth-order valence-corrected chi connectivity index (χ4v) is 3.65. The van der Waals surface area contributed by atoms with E-state index in [0.29, 0.717) is 44.1 Å². The molecule has 0 atom stereocenters. The summed E-state index contributed by atoms with van der Waals surface area (Å²) in [5, 5.41) is 2.51. The monoisotopic (exact) mass is 404 g/mol. The molecule has 3 heterocycles. The number of carbonyl (C=O) groups is 1. The van der Waals surface area contributed by atoms with Gasteiger partial charge in [-0.1, -0.05) is 11.6 Å². The first-order valence-electron chi connectivity index (χ1n) is 7.95. The minimum atomic E-state index is -4.48. The van der Waals surface area contributed by atoms with E-state index in [-0.39, 0.29) is 10.9 Å². The highest BCUT2D eigenvalue weighted by atomic mass is 35.5. The Labute approximate surface area is 157 Å². The van der Waals surface area contributed by atoms with Crippen LogP contribution in [0.25, 0.3) is 0 Å². The summed E-state index contributed by atoms with van der Waals surface area (Å²) in [6, 6.07) is 0.885. The van der Waals surface area contributed by atoms with E-state index in [1.807, 2.05) is 11.8 Å². The molecular weight excluding hydrogens is 389 g/mol. The van der Waals surface area contributed by atoms with Crippen LogP contribution >= 0.6 is 22.9 Å². The highest BCUT2D eigenvalue weighted by Gasteiger charge is 2.32. The summed E-state index contributed by atoms with van der Waals surface area (Å²) in [6.45, 7) is 3.80. The lowest BCUT2D eigenvalue weighted by atomic mass is 10.2. The fourth-order valence-electron chi connectivity index (χ4n) is 2.77. The normalized spacial score (nSPS) is 15.9. The molecule has 3 rings (SSSR count). The molecule has 0 bridgehead atoms. The van der Waals surface area contributed by atoms with Gasteiger partial charge in [-0.05, 0) is 19.4 Å². The first-order valence-corrected chi connectivity index (χ1v) is 9.20. The van der Waals surface area contributed by atoms with E-state index >= 15 is 0 Å². The lowest BCUT2D eigenvalue weighted by molar-refractivity contribution is -0.137. The maximum Gasteiger partial charge on any atom is 0.417 e. The van der Waals surface area contributed by atoms with Gasteiger partial charge in [0, 0.05) is 37.8 Å². The third-order valence-electron chi connectivity index (χ3n) is 4.07. The minimum Gasteiger partial charge on any atom is -0.354 e. The van der Waals surface area contributed by atoms with Crippen LogP contribution in [-0.4, -0.2) is 47.0 Å². The number of halogens is 4. The number of nitrogens with zero attached hydrogens (tertiary/aromatic N) is 4. The van der Waals surface area contributed by atoms with E-state index in [0.717, 1.165) is 17.3 Å². The van der Waals surface area contributed by atoms with Gasteiger partial charge in [-0.3, -0.25) is 4.79 Å². The number of amides is 1. The van der Waals surface area contributed by atoms with E-state index in [9.17, 15) is 18.0 Å². The molecule has 1 fully saturated rings. The first kappa shape index (κ1) is 18.9. The Kier molecular flexibility index (Phi) is 5.38. The Morgan fingerprint density at radius 3 is 2.65 bits per heavy atom. The van der Waals surface area contributed by atoms with Gasteiger partial charge < -0.3 is 9.80 Å². The van der Waals surface area contributed by atoms with Crippen LogP contribution in [-0.2, 0) is 6.18 Å². The molecule has 1 aliphatic rings. The quantitative estimate of drug-likeness (QED) is 0.762. The molecule has 0 saturated carbocycles. The Bertz CT molecular complexity index is 811. The number of thiazole rings is 1. The van der Waals surface area contributed by atoms with E-state index < -0.39 is 11.7 Å². The van der Waals surface area contributed by atoms with Crippen molar-refractivity contribution in [2.24, 2.45) is 0 Å². The predicted molar refractivity (Wildman–Crippen MR) is 93.8 cm³/mol. The number of alkyl halides is 3. The summed E-state index contributed by atoms with van der Waals surface area (Å²) in [5.41, 5.74) is -0.455. The molecule has 0 aliphatic carbocycles. The molecule has 1 aliphatic heterocycles. The summed E-state index contributed by atoms with van der Waals surface area (Å²) < 4.78 is 38.2. The van der Waals surface area contributed by atoms with E-state index in [2.05, 4.69) is 9.97 Å². The van der Waals surface area contributed by atoms with Crippen molar-refractivity contribution < 1.29 is 18.0 Å². The van der Waals surface area contributed by atoms with Crippen molar-refractivity contribution in [3.8, 4) is 0 Å². The van der Waals surface area contributed by atoms with Crippen molar-refractivity contribution in [2.45, 2.75) is 19.5 Å². The molecule has 0 N–H and O–H groups in total. The number of carbonyl (C=O) groups excluding carboxylic acids is 1. The van der Waals surface area contributed by atoms with Crippen LogP contribution in [0.15, 0.2) is 17.6 Å². The molecule has 2 aromatic rings. The second-order valence-corrected chi connectivity index (χ2v) is 7.38. The SMILES string of the molecule is Cc1nc(C(=O)N2CCCN(c3ncc(C(F)(F)F)cc3Cl)CC2)cs1. The summed E-state index contributed by atoms with van der Waals surface area (Å²) >= 11 is 7.44. The van der Waals surface area contributed by atoms with Crippen LogP contribution in [0.5, 0.6) is 0 Å². The number of hydrogen-bond acceptors (Lipinski definition) is 5. The number of aryl methyl sites for hydroxylation is 1. The van der Waals surface area contributed by atoms with Gasteiger partial charge in [0.15, 0.2) is 0 Å². The number of rotatable bonds is 2. The Hall–Kier alpha value is -1.87. The minimum absolute atomic E-state index is 0.0465. The molecule has 10 heteroatoms. The highest BCUT2D eigenvalue weighted by Crippen LogP contribution is 2.33. The number of hydrogen-bond donors (Lipinski definition) is 0. The largest absolute Gasteiger partial charge is 0.417 e. The van der Waals surface area contributed by atoms with Gasteiger partial charge in [0.1, 0.15) is 11.5 Å². The molecule has 2 aromatic heterocycles. The topological polar surface area (TPSA) is 49.3 Å². The van der Waals surface area contributed by atoms with Crippen molar-refractivity contribution in [2.75, 3.05) is 31.1 Å². The number of pyridine rings is 1. The molecule has 26 heavy (non-hydrogen) atoms. The predicted octanol–water partition coefficient (Wildman–Crippen LogP) is 3.87. The highest BCUT2D eigenvalue weighted by molar-refractivity contribution is 7.09. The maximum absolute atomic E-state index is 12.7. The molecule has 1 amide bonds. The van der Waals surface area contributed by atoms with Gasteiger partial charge >= 0.3 is 6.18 Å². The van der Waals surface area contributed by atoms with Crippen LogP contribution in [0.1, 0.15) is 27.5 Å². The zero-order valence-corrected chi connectivity index (χ0v) is 15.5. The summed E-state index contributed by atoms with van der Waals surface area (Å²) in [6.07, 6.45) is -3.04. The lowest BCUT2D eigenvalue weighted by Crippen LogP contribution is -2.35. The van der Waals surface area contributed by atoms with Crippen LogP contribution in [0.4, 0.5) is 19.0 Å². The van der Waals surface area contributed by atoms with Crippen LogP contribution in [0, 0.1) is 6.92 Å². The molecule has 1 saturated heterocycles. The van der Waals surface area contributed by atoms with E-state index in [1.165, 1.54) is 11.3 Å². The van der Waals surface area contributed by atoms with Crippen molar-refractivity contribution in [1.82, 2.24) is 14.9 Å². The summed E-state index contributed by atoms with van der Waals surface area (Å²) in [5.74, 6) is 0.168. The zero-order chi connectivity index (χ0) is 18.9. The second kappa shape index (κ2) is 7.40. The van der Waals surface area contributed by atoms with Crippen LogP contribution in [0.3, 0.4) is 0 Å². The molecule has 0 aromatic carbocycles. The average molecular weight is 405 g/mol. The molecule has 5 nitrogen and oxygen atoms in total. The standard InChI is InChI=1S/C16H16ClF3N4OS/c1-10-22-13(9-26-10)15(25)24-4-2-3-23(5-6-24)14-12(17)7-11(8-21-14)16(18,19)20/h7-9H,2-6H2,1H3. The van der Waals surface area contributed by atoms with Crippen molar-refractivity contribution in [3.05, 3.63) is 38.9 Å². The van der Waals surface area contributed by atoms with Crippen molar-refractivity contribution in [3.63, 3.8) is 0 Å². The third-order valence-corrected chi connectivity index (χ3v) is 5.12. The molecule has 0 unspecified atom stereocenters. The first-order chi connectivity index (χ1) is 12.3. The van der Waals surface area contributed by atoms with Crippen molar-refractivity contribution in [1.29, 1.82) is 0 Å². The number of aromatic nitrogens is 2. The van der Waals surface area contributed by atoms with Crippen LogP contribution in [0.2, 0.25) is 5.02 Å². The lowest BCUT2D eigenvalue weighted by Gasteiger charge is -2.23. The van der Waals surface area contributed by atoms with Crippen molar-refractivity contribution >= 4 is 34.7 Å². The Morgan fingerprint density at radius 1 is 1.27 bits per heavy atom. The molecule has 0 radical (unpaired) electrons. The molecular formula is C16H16ClF3N4OS. The maximum atomic E-state index is 12.7. The van der Waals surface area contributed by atoms with Gasteiger partial charge in [0.25, 0.3) is 5.91 Å². The van der Waals surface area contributed by atoms with E-state index in [4.69, 9.17) is 11.6 Å². The van der Waals surface area contributed by atoms with E-state index in [1.54, 1.807) is 10.3 Å². The van der Waals surface area contributed by atoms with Gasteiger partial charge in [-0.25, -0.2) is 9.97 Å². The average Bonchev–Trinajstić information content (AvgIpc) is 2.87. The molecule has 0 spiro atoms. The Balaban J connectivity index is 1.72. The third kappa shape index (κ3) is 4.09. The molecule has 140 valence electrons. The summed E-state index contributed by atoms with van der Waals surface area (Å²) in [4.78, 5) is 24.1. The summed E-state index contributed by atoms with van der Waals surface area (Å²) in [7, 11) is 0. The zero-order valence-electron chi connectivity index (χ0n) is 13.9.